The molecule has 1 aliphatic rings. The van der Waals surface area contributed by atoms with E-state index in [1.54, 1.807) is 13.1 Å². The van der Waals surface area contributed by atoms with Crippen LogP contribution >= 0.6 is 11.3 Å². The van der Waals surface area contributed by atoms with E-state index in [0.717, 1.165) is 36.6 Å². The zero-order chi connectivity index (χ0) is 22.9. The molecule has 0 spiro atoms. The maximum absolute atomic E-state index is 11.6. The highest BCUT2D eigenvalue weighted by molar-refractivity contribution is 7.20. The summed E-state index contributed by atoms with van der Waals surface area (Å²) in [6.45, 7) is 5.61. The zero-order valence-corrected chi connectivity index (χ0v) is 19.3. The quantitative estimate of drug-likeness (QED) is 0.521. The Bertz CT molecular complexity index is 1050. The molecule has 7 nitrogen and oxygen atoms in total. The lowest BCUT2D eigenvalue weighted by Crippen LogP contribution is -2.29. The van der Waals surface area contributed by atoms with Gasteiger partial charge in [0.05, 0.1) is 0 Å². The Kier molecular flexibility index (Phi) is 10.00. The third kappa shape index (κ3) is 7.98. The summed E-state index contributed by atoms with van der Waals surface area (Å²) in [6, 6.07) is 13.6. The van der Waals surface area contributed by atoms with Crippen LogP contribution in [0.15, 0.2) is 48.7 Å². The summed E-state index contributed by atoms with van der Waals surface area (Å²) in [5, 5.41) is 4.63. The smallest absolute Gasteiger partial charge is 0.270 e. The molecule has 1 saturated heterocycles. The molecule has 8 heteroatoms. The Balaban J connectivity index is 0.000000274. The number of hydrogen-bond donors (Lipinski definition) is 2. The molecule has 1 amide bonds. The molecule has 176 valence electrons. The number of amides is 1. The van der Waals surface area contributed by atoms with Gasteiger partial charge in [0, 0.05) is 25.7 Å². The number of hydrogen-bond acceptors (Lipinski definition) is 7. The van der Waals surface area contributed by atoms with Crippen molar-refractivity contribution in [3.05, 3.63) is 65.5 Å². The molecular formula is C25H33N5O2S. The number of pyridine rings is 1. The van der Waals surface area contributed by atoms with E-state index in [1.807, 2.05) is 49.4 Å². The average Bonchev–Trinajstić information content (AvgIpc) is 3.19. The van der Waals surface area contributed by atoms with E-state index in [1.165, 1.54) is 23.3 Å². The monoisotopic (exact) mass is 467 g/mol. The van der Waals surface area contributed by atoms with Gasteiger partial charge in [-0.25, -0.2) is 9.97 Å². The second kappa shape index (κ2) is 12.7. The number of piperidine rings is 1. The molecule has 33 heavy (non-hydrogen) atoms. The van der Waals surface area contributed by atoms with Gasteiger partial charge in [-0.15, -0.1) is 0 Å². The Labute approximate surface area is 200 Å². The number of nitrogens with one attached hydrogen (secondary N) is 1. The molecular weight excluding hydrogens is 434 g/mol. The highest BCUT2D eigenvalue weighted by Gasteiger charge is 2.21. The largest absolute Gasteiger partial charge is 0.364 e. The highest BCUT2D eigenvalue weighted by atomic mass is 32.1. The Morgan fingerprint density at radius 1 is 1.12 bits per heavy atom. The van der Waals surface area contributed by atoms with Crippen LogP contribution in [0, 0.1) is 6.92 Å². The van der Waals surface area contributed by atoms with E-state index in [9.17, 15) is 9.59 Å². The topological polar surface area (TPSA) is 101 Å². The zero-order valence-electron chi connectivity index (χ0n) is 18.5. The molecule has 0 unspecified atom stereocenters. The Morgan fingerprint density at radius 3 is 2.48 bits per heavy atom. The normalized spacial score (nSPS) is 12.7. The molecule has 0 aliphatic carbocycles. The van der Waals surface area contributed by atoms with E-state index >= 15 is 0 Å². The van der Waals surface area contributed by atoms with Gasteiger partial charge in [-0.1, -0.05) is 54.7 Å². The van der Waals surface area contributed by atoms with Gasteiger partial charge in [0.15, 0.2) is 10.8 Å². The molecule has 0 radical (unpaired) electrons. The molecule has 3 N–H and O–H groups in total. The van der Waals surface area contributed by atoms with Crippen LogP contribution in [-0.2, 0) is 11.2 Å². The SMILES string of the molecule is C.CC(=O)Cc1cccc(C)c1.NC(=O)c1nc(N2CCCCC2)sc1Nc1ccccn1. The number of rotatable bonds is 6. The van der Waals surface area contributed by atoms with Crippen molar-refractivity contribution in [2.24, 2.45) is 5.73 Å². The number of carbonyl (C=O) groups excluding carboxylic acids is 2. The van der Waals surface area contributed by atoms with Gasteiger partial charge < -0.3 is 16.0 Å². The number of aryl methyl sites for hydroxylation is 1. The molecule has 3 aromatic rings. The van der Waals surface area contributed by atoms with Crippen LogP contribution in [0.25, 0.3) is 0 Å². The van der Waals surface area contributed by atoms with E-state index in [4.69, 9.17) is 5.73 Å². The summed E-state index contributed by atoms with van der Waals surface area (Å²) in [7, 11) is 0. The number of ketones is 1. The fraction of sp³-hybridized carbons (Fsp3) is 0.360. The van der Waals surface area contributed by atoms with E-state index in [0.29, 0.717) is 17.2 Å². The molecule has 3 heterocycles. The van der Waals surface area contributed by atoms with Crippen molar-refractivity contribution >= 4 is 39.0 Å². The first kappa shape index (κ1) is 26.0. The van der Waals surface area contributed by atoms with Gasteiger partial charge in [-0.05, 0) is 50.8 Å². The summed E-state index contributed by atoms with van der Waals surface area (Å²) in [5.74, 6) is 0.373. The fourth-order valence-electron chi connectivity index (χ4n) is 3.44. The van der Waals surface area contributed by atoms with Crippen LogP contribution < -0.4 is 16.0 Å². The van der Waals surface area contributed by atoms with Crippen LogP contribution in [0.1, 0.15) is 55.2 Å². The number of anilines is 3. The number of Topliss-reactive ketones (excluding diaryl/α,β-unsaturated/α-hetero) is 1. The number of aromatic nitrogens is 2. The molecule has 2 aromatic heterocycles. The number of nitrogens with two attached hydrogens (primary N) is 1. The van der Waals surface area contributed by atoms with E-state index < -0.39 is 5.91 Å². The number of primary amides is 1. The summed E-state index contributed by atoms with van der Waals surface area (Å²) < 4.78 is 0. The number of nitrogens with zero attached hydrogens (tertiary/aromatic N) is 3. The van der Waals surface area contributed by atoms with Gasteiger partial charge in [0.2, 0.25) is 0 Å². The van der Waals surface area contributed by atoms with Crippen LogP contribution in [0.2, 0.25) is 0 Å². The Hall–Kier alpha value is -3.26. The lowest BCUT2D eigenvalue weighted by molar-refractivity contribution is -0.116. The minimum absolute atomic E-state index is 0. The van der Waals surface area contributed by atoms with E-state index in [-0.39, 0.29) is 18.9 Å². The van der Waals surface area contributed by atoms with Crippen molar-refractivity contribution < 1.29 is 9.59 Å². The summed E-state index contributed by atoms with van der Waals surface area (Å²) in [5.41, 5.74) is 8.04. The predicted octanol–water partition coefficient (Wildman–Crippen LogP) is 5.13. The van der Waals surface area contributed by atoms with E-state index in [2.05, 4.69) is 20.2 Å². The van der Waals surface area contributed by atoms with Gasteiger partial charge in [-0.3, -0.25) is 9.59 Å². The third-order valence-corrected chi connectivity index (χ3v) is 5.95. The van der Waals surface area contributed by atoms with Gasteiger partial charge in [-0.2, -0.15) is 0 Å². The summed E-state index contributed by atoms with van der Waals surface area (Å²) in [4.78, 5) is 33.1. The number of carbonyl (C=O) groups is 2. The highest BCUT2D eigenvalue weighted by Crippen LogP contribution is 2.34. The first-order valence-electron chi connectivity index (χ1n) is 10.7. The molecule has 1 aromatic carbocycles. The maximum Gasteiger partial charge on any atom is 0.270 e. The van der Waals surface area contributed by atoms with Crippen molar-refractivity contribution in [2.75, 3.05) is 23.3 Å². The molecule has 1 aliphatic heterocycles. The third-order valence-electron chi connectivity index (χ3n) is 4.92. The van der Waals surface area contributed by atoms with Gasteiger partial charge >= 0.3 is 0 Å². The van der Waals surface area contributed by atoms with Gasteiger partial charge in [0.25, 0.3) is 5.91 Å². The first-order valence-corrected chi connectivity index (χ1v) is 11.5. The van der Waals surface area contributed by atoms with Crippen molar-refractivity contribution in [1.82, 2.24) is 9.97 Å². The molecule has 0 atom stereocenters. The molecule has 1 fully saturated rings. The van der Waals surface area contributed by atoms with Crippen molar-refractivity contribution in [3.8, 4) is 0 Å². The molecule has 0 bridgehead atoms. The van der Waals surface area contributed by atoms with Crippen LogP contribution in [0.5, 0.6) is 0 Å². The molecule has 4 rings (SSSR count). The molecule has 0 saturated carbocycles. The fourth-order valence-corrected chi connectivity index (χ4v) is 4.47. The predicted molar refractivity (Wildman–Crippen MR) is 137 cm³/mol. The van der Waals surface area contributed by atoms with Gasteiger partial charge in [0.1, 0.15) is 16.6 Å². The average molecular weight is 468 g/mol. The minimum atomic E-state index is -0.520. The minimum Gasteiger partial charge on any atom is -0.364 e. The lowest BCUT2D eigenvalue weighted by atomic mass is 10.1. The second-order valence-electron chi connectivity index (χ2n) is 7.79. The van der Waals surface area contributed by atoms with Crippen LogP contribution in [0.3, 0.4) is 0 Å². The van der Waals surface area contributed by atoms with Crippen LogP contribution in [-0.4, -0.2) is 34.7 Å². The number of thiazole rings is 1. The summed E-state index contributed by atoms with van der Waals surface area (Å²) in [6.07, 6.45) is 5.83. The first-order chi connectivity index (χ1) is 15.4. The van der Waals surface area contributed by atoms with Crippen molar-refractivity contribution in [3.63, 3.8) is 0 Å². The van der Waals surface area contributed by atoms with Crippen molar-refractivity contribution in [2.45, 2.75) is 47.0 Å². The Morgan fingerprint density at radius 2 is 1.88 bits per heavy atom. The second-order valence-corrected chi connectivity index (χ2v) is 8.77. The van der Waals surface area contributed by atoms with Crippen LogP contribution in [0.4, 0.5) is 16.0 Å². The summed E-state index contributed by atoms with van der Waals surface area (Å²) >= 11 is 1.45. The van der Waals surface area contributed by atoms with Crippen molar-refractivity contribution in [1.29, 1.82) is 0 Å². The lowest BCUT2D eigenvalue weighted by Gasteiger charge is -2.25. The standard InChI is InChI=1S/C14H17N5OS.C10H12O.CH4/c15-12(20)11-13(17-10-6-2-3-7-16-10)21-14(18-11)19-8-4-1-5-9-19;1-8-4-3-5-10(6-8)7-9(2)11;/h2-3,6-7H,1,4-5,8-9H2,(H2,15,20)(H,16,17);3-6H,7H2,1-2H3;1H4. The number of benzene rings is 1. The maximum atomic E-state index is 11.6.